The lowest BCUT2D eigenvalue weighted by Gasteiger charge is -2.17. The van der Waals surface area contributed by atoms with E-state index in [-0.39, 0.29) is 5.38 Å². The molecule has 2 fully saturated rings. The number of rotatable bonds is 2. The van der Waals surface area contributed by atoms with Crippen molar-refractivity contribution >= 4 is 22.4 Å². The SMILES string of the molecule is Cc1ccc2ccccc2c1C(Cl)C1C2CCCC21. The first-order valence-electron chi connectivity index (χ1n) is 7.39. The molecule has 98 valence electrons. The standard InChI is InChI=1S/C18H19Cl/c1-11-9-10-12-5-2-3-6-13(12)16(11)18(19)17-14-7-4-8-15(14)17/h2-3,5-6,9-10,14-15,17-18H,4,7-8H2,1H3. The Labute approximate surface area is 119 Å². The van der Waals surface area contributed by atoms with Gasteiger partial charge in [0.1, 0.15) is 0 Å². The summed E-state index contributed by atoms with van der Waals surface area (Å²) in [6.45, 7) is 2.20. The Kier molecular flexibility index (Phi) is 2.63. The lowest BCUT2D eigenvalue weighted by molar-refractivity contribution is 0.574. The molecule has 2 aliphatic carbocycles. The summed E-state index contributed by atoms with van der Waals surface area (Å²) < 4.78 is 0. The van der Waals surface area contributed by atoms with E-state index in [0.29, 0.717) is 0 Å². The van der Waals surface area contributed by atoms with Crippen LogP contribution in [0.2, 0.25) is 0 Å². The molecule has 4 rings (SSSR count). The molecule has 0 aromatic heterocycles. The minimum Gasteiger partial charge on any atom is -0.117 e. The van der Waals surface area contributed by atoms with E-state index in [4.69, 9.17) is 11.6 Å². The van der Waals surface area contributed by atoms with Crippen molar-refractivity contribution in [2.45, 2.75) is 31.6 Å². The average molecular weight is 271 g/mol. The molecule has 2 saturated carbocycles. The molecule has 19 heavy (non-hydrogen) atoms. The lowest BCUT2D eigenvalue weighted by Crippen LogP contribution is -2.02. The minimum absolute atomic E-state index is 0.210. The van der Waals surface area contributed by atoms with Crippen LogP contribution in [0.15, 0.2) is 36.4 Å². The van der Waals surface area contributed by atoms with Crippen LogP contribution in [0.1, 0.15) is 35.8 Å². The first-order chi connectivity index (χ1) is 9.27. The zero-order chi connectivity index (χ0) is 13.0. The molecule has 0 spiro atoms. The fraction of sp³-hybridized carbons (Fsp3) is 0.444. The van der Waals surface area contributed by atoms with Crippen LogP contribution in [0.4, 0.5) is 0 Å². The Bertz CT molecular complexity index is 621. The van der Waals surface area contributed by atoms with Gasteiger partial charge in [0.15, 0.2) is 0 Å². The molecule has 0 bridgehead atoms. The number of benzene rings is 2. The predicted molar refractivity (Wildman–Crippen MR) is 81.6 cm³/mol. The van der Waals surface area contributed by atoms with Crippen LogP contribution < -0.4 is 0 Å². The van der Waals surface area contributed by atoms with Crippen molar-refractivity contribution < 1.29 is 0 Å². The highest BCUT2D eigenvalue weighted by Gasteiger charge is 2.56. The fourth-order valence-electron chi connectivity index (χ4n) is 4.27. The van der Waals surface area contributed by atoms with Crippen LogP contribution in [0.25, 0.3) is 10.8 Å². The molecule has 2 aromatic carbocycles. The molecular formula is C18H19Cl. The first kappa shape index (κ1) is 11.8. The average Bonchev–Trinajstić information content (AvgIpc) is 2.91. The van der Waals surface area contributed by atoms with Crippen molar-refractivity contribution in [2.24, 2.45) is 17.8 Å². The van der Waals surface area contributed by atoms with Gasteiger partial charge in [-0.15, -0.1) is 11.6 Å². The molecular weight excluding hydrogens is 252 g/mol. The third kappa shape index (κ3) is 1.73. The highest BCUT2D eigenvalue weighted by Crippen LogP contribution is 2.64. The van der Waals surface area contributed by atoms with Crippen molar-refractivity contribution in [1.82, 2.24) is 0 Å². The molecule has 0 N–H and O–H groups in total. The second kappa shape index (κ2) is 4.24. The monoisotopic (exact) mass is 270 g/mol. The Hall–Kier alpha value is -1.01. The van der Waals surface area contributed by atoms with Crippen LogP contribution in [0, 0.1) is 24.7 Å². The van der Waals surface area contributed by atoms with Crippen molar-refractivity contribution in [3.8, 4) is 0 Å². The van der Waals surface area contributed by atoms with Gasteiger partial charge in [0.25, 0.3) is 0 Å². The molecule has 2 aliphatic rings. The van der Waals surface area contributed by atoms with Gasteiger partial charge in [0, 0.05) is 0 Å². The van der Waals surface area contributed by atoms with Gasteiger partial charge in [-0.2, -0.15) is 0 Å². The molecule has 0 saturated heterocycles. The van der Waals surface area contributed by atoms with Crippen molar-refractivity contribution in [3.63, 3.8) is 0 Å². The van der Waals surface area contributed by atoms with E-state index < -0.39 is 0 Å². The van der Waals surface area contributed by atoms with E-state index in [1.807, 2.05) is 0 Å². The van der Waals surface area contributed by atoms with E-state index in [1.165, 1.54) is 41.2 Å². The number of hydrogen-bond donors (Lipinski definition) is 0. The summed E-state index contributed by atoms with van der Waals surface area (Å²) in [7, 11) is 0. The molecule has 2 aromatic rings. The van der Waals surface area contributed by atoms with Crippen LogP contribution >= 0.6 is 11.6 Å². The molecule has 3 unspecified atom stereocenters. The fourth-order valence-corrected chi connectivity index (χ4v) is 4.94. The largest absolute Gasteiger partial charge is 0.117 e. The summed E-state index contributed by atoms with van der Waals surface area (Å²) >= 11 is 6.89. The maximum Gasteiger partial charge on any atom is 0.0627 e. The van der Waals surface area contributed by atoms with Crippen LogP contribution in [-0.2, 0) is 0 Å². The third-order valence-electron chi connectivity index (χ3n) is 5.28. The summed E-state index contributed by atoms with van der Waals surface area (Å²) in [5.41, 5.74) is 2.74. The van der Waals surface area contributed by atoms with Gasteiger partial charge < -0.3 is 0 Å². The van der Waals surface area contributed by atoms with Gasteiger partial charge in [0.05, 0.1) is 5.38 Å². The zero-order valence-electron chi connectivity index (χ0n) is 11.3. The minimum atomic E-state index is 0.210. The number of halogens is 1. The van der Waals surface area contributed by atoms with Gasteiger partial charge in [-0.05, 0) is 59.4 Å². The molecule has 3 atom stereocenters. The molecule has 1 heteroatoms. The van der Waals surface area contributed by atoms with Crippen LogP contribution in [0.3, 0.4) is 0 Å². The van der Waals surface area contributed by atoms with Crippen molar-refractivity contribution in [1.29, 1.82) is 0 Å². The van der Waals surface area contributed by atoms with Crippen molar-refractivity contribution in [2.75, 3.05) is 0 Å². The summed E-state index contributed by atoms with van der Waals surface area (Å²) in [5, 5.41) is 2.88. The van der Waals surface area contributed by atoms with Gasteiger partial charge in [-0.3, -0.25) is 0 Å². The Morgan fingerprint density at radius 2 is 1.79 bits per heavy atom. The number of hydrogen-bond acceptors (Lipinski definition) is 0. The highest BCUT2D eigenvalue weighted by molar-refractivity contribution is 6.22. The van der Waals surface area contributed by atoms with E-state index >= 15 is 0 Å². The molecule has 0 heterocycles. The normalized spacial score (nSPS) is 30.3. The second-order valence-electron chi connectivity index (χ2n) is 6.25. The molecule has 0 aliphatic heterocycles. The topological polar surface area (TPSA) is 0 Å². The van der Waals surface area contributed by atoms with Gasteiger partial charge in [0.2, 0.25) is 0 Å². The maximum absolute atomic E-state index is 6.89. The van der Waals surface area contributed by atoms with Crippen molar-refractivity contribution in [3.05, 3.63) is 47.5 Å². The van der Waals surface area contributed by atoms with E-state index in [2.05, 4.69) is 43.3 Å². The van der Waals surface area contributed by atoms with E-state index in [9.17, 15) is 0 Å². The number of alkyl halides is 1. The zero-order valence-corrected chi connectivity index (χ0v) is 12.0. The smallest absolute Gasteiger partial charge is 0.0627 e. The summed E-state index contributed by atoms with van der Waals surface area (Å²) in [6.07, 6.45) is 4.23. The number of aryl methyl sites for hydroxylation is 1. The molecule has 0 amide bonds. The third-order valence-corrected chi connectivity index (χ3v) is 5.78. The summed E-state index contributed by atoms with van der Waals surface area (Å²) in [5.74, 6) is 2.57. The Morgan fingerprint density at radius 1 is 1.05 bits per heavy atom. The van der Waals surface area contributed by atoms with E-state index in [0.717, 1.165) is 17.8 Å². The summed E-state index contributed by atoms with van der Waals surface area (Å²) in [4.78, 5) is 0. The van der Waals surface area contributed by atoms with Gasteiger partial charge in [-0.25, -0.2) is 0 Å². The maximum atomic E-state index is 6.89. The summed E-state index contributed by atoms with van der Waals surface area (Å²) in [6, 6.07) is 13.1. The first-order valence-corrected chi connectivity index (χ1v) is 7.83. The Balaban J connectivity index is 1.79. The number of fused-ring (bicyclic) bond motifs is 2. The Morgan fingerprint density at radius 3 is 2.58 bits per heavy atom. The quantitative estimate of drug-likeness (QED) is 0.635. The van der Waals surface area contributed by atoms with E-state index in [1.54, 1.807) is 0 Å². The molecule has 0 radical (unpaired) electrons. The highest BCUT2D eigenvalue weighted by atomic mass is 35.5. The predicted octanol–water partition coefficient (Wildman–Crippen LogP) is 5.47. The van der Waals surface area contributed by atoms with Gasteiger partial charge >= 0.3 is 0 Å². The van der Waals surface area contributed by atoms with Crippen LogP contribution in [-0.4, -0.2) is 0 Å². The lowest BCUT2D eigenvalue weighted by atomic mass is 9.93. The second-order valence-corrected chi connectivity index (χ2v) is 6.73. The van der Waals surface area contributed by atoms with Gasteiger partial charge in [-0.1, -0.05) is 42.8 Å². The van der Waals surface area contributed by atoms with Crippen LogP contribution in [0.5, 0.6) is 0 Å². The molecule has 0 nitrogen and oxygen atoms in total.